The molecule has 0 aliphatic rings. The Morgan fingerprint density at radius 3 is 2.67 bits per heavy atom. The SMILES string of the molecule is CCCN(C(=O)c1ccc2nccnc2c1)c1ncc[nH]1. The van der Waals surface area contributed by atoms with E-state index in [1.807, 2.05) is 13.0 Å². The van der Waals surface area contributed by atoms with Gasteiger partial charge in [0.1, 0.15) is 0 Å². The van der Waals surface area contributed by atoms with Crippen LogP contribution in [-0.2, 0) is 0 Å². The van der Waals surface area contributed by atoms with Crippen LogP contribution in [0.2, 0.25) is 0 Å². The molecule has 0 atom stereocenters. The number of aromatic amines is 1. The van der Waals surface area contributed by atoms with Gasteiger partial charge in [-0.05, 0) is 24.6 Å². The van der Waals surface area contributed by atoms with Crippen LogP contribution < -0.4 is 4.90 Å². The minimum atomic E-state index is -0.0978. The number of H-pyrrole nitrogens is 1. The van der Waals surface area contributed by atoms with Crippen molar-refractivity contribution in [1.82, 2.24) is 19.9 Å². The van der Waals surface area contributed by atoms with Crippen molar-refractivity contribution in [3.05, 3.63) is 48.5 Å². The number of imidazole rings is 1. The number of nitrogens with one attached hydrogen (secondary N) is 1. The molecule has 3 rings (SSSR count). The molecule has 2 heterocycles. The largest absolute Gasteiger partial charge is 0.331 e. The highest BCUT2D eigenvalue weighted by Crippen LogP contribution is 2.16. The monoisotopic (exact) mass is 281 g/mol. The van der Waals surface area contributed by atoms with Crippen molar-refractivity contribution in [2.24, 2.45) is 0 Å². The maximum atomic E-state index is 12.7. The third-order valence-electron chi connectivity index (χ3n) is 3.15. The number of nitrogens with zero attached hydrogens (tertiary/aromatic N) is 4. The second-order valence-electron chi connectivity index (χ2n) is 4.63. The van der Waals surface area contributed by atoms with Crippen LogP contribution in [0.5, 0.6) is 0 Å². The molecule has 0 saturated carbocycles. The van der Waals surface area contributed by atoms with E-state index in [1.54, 1.807) is 41.8 Å². The second kappa shape index (κ2) is 5.70. The summed E-state index contributed by atoms with van der Waals surface area (Å²) in [6, 6.07) is 5.34. The van der Waals surface area contributed by atoms with Crippen molar-refractivity contribution in [2.45, 2.75) is 13.3 Å². The third-order valence-corrected chi connectivity index (χ3v) is 3.15. The molecule has 6 heteroatoms. The van der Waals surface area contributed by atoms with Crippen molar-refractivity contribution in [1.29, 1.82) is 0 Å². The highest BCUT2D eigenvalue weighted by molar-refractivity contribution is 6.06. The number of amides is 1. The van der Waals surface area contributed by atoms with Gasteiger partial charge in [0.25, 0.3) is 5.91 Å². The maximum Gasteiger partial charge on any atom is 0.260 e. The summed E-state index contributed by atoms with van der Waals surface area (Å²) in [7, 11) is 0. The molecule has 3 aromatic rings. The summed E-state index contributed by atoms with van der Waals surface area (Å²) in [5, 5.41) is 0. The highest BCUT2D eigenvalue weighted by atomic mass is 16.2. The molecule has 0 radical (unpaired) electrons. The van der Waals surface area contributed by atoms with Gasteiger partial charge in [-0.2, -0.15) is 0 Å². The molecule has 0 bridgehead atoms. The van der Waals surface area contributed by atoms with E-state index in [4.69, 9.17) is 0 Å². The van der Waals surface area contributed by atoms with E-state index in [-0.39, 0.29) is 5.91 Å². The standard InChI is InChI=1S/C15H15N5O/c1-2-9-20(15-18-7-8-19-15)14(21)11-3-4-12-13(10-11)17-6-5-16-12/h3-8,10H,2,9H2,1H3,(H,18,19). The summed E-state index contributed by atoms with van der Waals surface area (Å²) < 4.78 is 0. The molecule has 0 fully saturated rings. The molecule has 0 unspecified atom stereocenters. The minimum Gasteiger partial charge on any atom is -0.331 e. The Hall–Kier alpha value is -2.76. The fourth-order valence-corrected chi connectivity index (χ4v) is 2.18. The van der Waals surface area contributed by atoms with Gasteiger partial charge >= 0.3 is 0 Å². The van der Waals surface area contributed by atoms with Crippen LogP contribution in [0.1, 0.15) is 23.7 Å². The molecular formula is C15H15N5O. The van der Waals surface area contributed by atoms with E-state index in [2.05, 4.69) is 19.9 Å². The van der Waals surface area contributed by atoms with E-state index < -0.39 is 0 Å². The first-order valence-corrected chi connectivity index (χ1v) is 6.81. The summed E-state index contributed by atoms with van der Waals surface area (Å²) in [6.45, 7) is 2.62. The Balaban J connectivity index is 1.97. The van der Waals surface area contributed by atoms with Crippen LogP contribution in [0, 0.1) is 0 Å². The smallest absolute Gasteiger partial charge is 0.260 e. The van der Waals surface area contributed by atoms with Crippen molar-refractivity contribution < 1.29 is 4.79 Å². The Morgan fingerprint density at radius 1 is 1.14 bits per heavy atom. The van der Waals surface area contributed by atoms with Gasteiger partial charge < -0.3 is 4.98 Å². The fraction of sp³-hybridized carbons (Fsp3) is 0.200. The van der Waals surface area contributed by atoms with E-state index in [0.717, 1.165) is 11.9 Å². The lowest BCUT2D eigenvalue weighted by Crippen LogP contribution is -2.32. The average molecular weight is 281 g/mol. The summed E-state index contributed by atoms with van der Waals surface area (Å²) in [4.78, 5) is 29.9. The van der Waals surface area contributed by atoms with Crippen molar-refractivity contribution in [3.8, 4) is 0 Å². The van der Waals surface area contributed by atoms with Crippen LogP contribution in [0.25, 0.3) is 11.0 Å². The van der Waals surface area contributed by atoms with Gasteiger partial charge in [-0.25, -0.2) is 4.98 Å². The number of carbonyl (C=O) groups is 1. The lowest BCUT2D eigenvalue weighted by molar-refractivity contribution is 0.0985. The van der Waals surface area contributed by atoms with Gasteiger partial charge in [0.05, 0.1) is 11.0 Å². The first kappa shape index (κ1) is 13.2. The zero-order valence-corrected chi connectivity index (χ0v) is 11.7. The average Bonchev–Trinajstić information content (AvgIpc) is 3.05. The number of carbonyl (C=O) groups excluding carboxylic acids is 1. The van der Waals surface area contributed by atoms with Crippen LogP contribution in [0.15, 0.2) is 43.0 Å². The fourth-order valence-electron chi connectivity index (χ4n) is 2.18. The number of aromatic nitrogens is 4. The van der Waals surface area contributed by atoms with Gasteiger partial charge in [-0.3, -0.25) is 19.7 Å². The number of hydrogen-bond donors (Lipinski definition) is 1. The molecule has 0 aliphatic heterocycles. The van der Waals surface area contributed by atoms with Crippen LogP contribution in [-0.4, -0.2) is 32.4 Å². The van der Waals surface area contributed by atoms with E-state index in [0.29, 0.717) is 23.6 Å². The van der Waals surface area contributed by atoms with Gasteiger partial charge in [0.2, 0.25) is 5.95 Å². The molecule has 106 valence electrons. The van der Waals surface area contributed by atoms with Crippen LogP contribution in [0.3, 0.4) is 0 Å². The zero-order valence-electron chi connectivity index (χ0n) is 11.7. The van der Waals surface area contributed by atoms with Crippen LogP contribution >= 0.6 is 0 Å². The van der Waals surface area contributed by atoms with Crippen molar-refractivity contribution in [2.75, 3.05) is 11.4 Å². The predicted octanol–water partition coefficient (Wildman–Crippen LogP) is 2.41. The molecular weight excluding hydrogens is 266 g/mol. The van der Waals surface area contributed by atoms with Crippen LogP contribution in [0.4, 0.5) is 5.95 Å². The molecule has 0 aliphatic carbocycles. The lowest BCUT2D eigenvalue weighted by atomic mass is 10.1. The van der Waals surface area contributed by atoms with Gasteiger partial charge in [0, 0.05) is 36.9 Å². The highest BCUT2D eigenvalue weighted by Gasteiger charge is 2.19. The van der Waals surface area contributed by atoms with Gasteiger partial charge in [0.15, 0.2) is 0 Å². The molecule has 21 heavy (non-hydrogen) atoms. The van der Waals surface area contributed by atoms with E-state index >= 15 is 0 Å². The lowest BCUT2D eigenvalue weighted by Gasteiger charge is -2.19. The molecule has 2 aromatic heterocycles. The summed E-state index contributed by atoms with van der Waals surface area (Å²) in [5.41, 5.74) is 2.06. The Morgan fingerprint density at radius 2 is 1.95 bits per heavy atom. The molecule has 0 saturated heterocycles. The summed E-state index contributed by atoms with van der Waals surface area (Å²) in [5.74, 6) is 0.459. The Labute approximate surface area is 121 Å². The number of benzene rings is 1. The number of rotatable bonds is 4. The minimum absolute atomic E-state index is 0.0978. The quantitative estimate of drug-likeness (QED) is 0.797. The third kappa shape index (κ3) is 2.60. The van der Waals surface area contributed by atoms with E-state index in [9.17, 15) is 4.79 Å². The van der Waals surface area contributed by atoms with Crippen molar-refractivity contribution >= 4 is 22.9 Å². The normalized spacial score (nSPS) is 10.7. The number of anilines is 1. The summed E-state index contributed by atoms with van der Waals surface area (Å²) >= 11 is 0. The first-order valence-electron chi connectivity index (χ1n) is 6.81. The molecule has 6 nitrogen and oxygen atoms in total. The molecule has 0 spiro atoms. The first-order chi connectivity index (χ1) is 10.3. The Kier molecular flexibility index (Phi) is 3.59. The topological polar surface area (TPSA) is 74.8 Å². The zero-order chi connectivity index (χ0) is 14.7. The number of fused-ring (bicyclic) bond motifs is 1. The number of hydrogen-bond acceptors (Lipinski definition) is 4. The van der Waals surface area contributed by atoms with E-state index in [1.165, 1.54) is 0 Å². The molecule has 1 aromatic carbocycles. The Bertz CT molecular complexity index is 754. The predicted molar refractivity (Wildman–Crippen MR) is 80.1 cm³/mol. The van der Waals surface area contributed by atoms with Gasteiger partial charge in [-0.15, -0.1) is 0 Å². The molecule has 1 amide bonds. The van der Waals surface area contributed by atoms with Gasteiger partial charge in [-0.1, -0.05) is 6.92 Å². The summed E-state index contributed by atoms with van der Waals surface area (Å²) in [6.07, 6.45) is 7.44. The van der Waals surface area contributed by atoms with Crippen molar-refractivity contribution in [3.63, 3.8) is 0 Å². The maximum absolute atomic E-state index is 12.7. The molecule has 1 N–H and O–H groups in total. The second-order valence-corrected chi connectivity index (χ2v) is 4.63.